The first-order valence-corrected chi connectivity index (χ1v) is 9.21. The van der Waals surface area contributed by atoms with Crippen LogP contribution >= 0.6 is 11.6 Å². The molecule has 0 aliphatic heterocycles. The zero-order valence-electron chi connectivity index (χ0n) is 14.6. The Morgan fingerprint density at radius 1 is 1.07 bits per heavy atom. The van der Waals surface area contributed by atoms with E-state index in [0.717, 1.165) is 22.0 Å². The third kappa shape index (κ3) is 4.25. The van der Waals surface area contributed by atoms with Crippen molar-refractivity contribution < 1.29 is 0 Å². The lowest BCUT2D eigenvalue weighted by Crippen LogP contribution is -2.26. The second-order valence-corrected chi connectivity index (χ2v) is 6.92. The van der Waals surface area contributed by atoms with Crippen molar-refractivity contribution in [2.45, 2.75) is 24.9 Å². The van der Waals surface area contributed by atoms with E-state index >= 15 is 0 Å². The van der Waals surface area contributed by atoms with Crippen LogP contribution in [0.25, 0.3) is 0 Å². The predicted molar refractivity (Wildman–Crippen MR) is 106 cm³/mol. The summed E-state index contributed by atoms with van der Waals surface area (Å²) >= 11 is 6.45. The molecule has 27 heavy (non-hydrogen) atoms. The van der Waals surface area contributed by atoms with Crippen LogP contribution < -0.4 is 10.6 Å². The van der Waals surface area contributed by atoms with Gasteiger partial charge in [0.25, 0.3) is 0 Å². The summed E-state index contributed by atoms with van der Waals surface area (Å²) in [6.07, 6.45) is 4.08. The van der Waals surface area contributed by atoms with Crippen LogP contribution in [0.15, 0.2) is 60.8 Å². The van der Waals surface area contributed by atoms with Crippen LogP contribution in [0.5, 0.6) is 0 Å². The molecule has 2 N–H and O–H groups in total. The number of anilines is 2. The normalized spacial score (nSPS) is 14.4. The van der Waals surface area contributed by atoms with E-state index in [4.69, 9.17) is 21.8 Å². The molecule has 0 spiro atoms. The molecular formula is C21H18ClN5. The standard InChI is InChI=1S/C21H18ClN5/c22-18-4-2-1-3-17(18)20(25-15-9-10-15)19-11-12-24-21(27-19)26-16-7-5-14(13-23)6-8-16/h1-8,11-12,15,20,25H,9-10H2,(H,24,26,27). The average molecular weight is 376 g/mol. The maximum atomic E-state index is 8.91. The quantitative estimate of drug-likeness (QED) is 0.659. The van der Waals surface area contributed by atoms with Gasteiger partial charge >= 0.3 is 0 Å². The largest absolute Gasteiger partial charge is 0.324 e. The van der Waals surface area contributed by atoms with Crippen LogP contribution in [0.3, 0.4) is 0 Å². The Hall–Kier alpha value is -2.94. The molecule has 2 aromatic carbocycles. The molecule has 3 aromatic rings. The Kier molecular flexibility index (Phi) is 5.01. The molecule has 1 unspecified atom stereocenters. The molecule has 0 bridgehead atoms. The zero-order valence-corrected chi connectivity index (χ0v) is 15.3. The Morgan fingerprint density at radius 3 is 2.56 bits per heavy atom. The summed E-state index contributed by atoms with van der Waals surface area (Å²) in [5, 5.41) is 16.5. The molecule has 134 valence electrons. The smallest absolute Gasteiger partial charge is 0.227 e. The van der Waals surface area contributed by atoms with Crippen LogP contribution in [0.4, 0.5) is 11.6 Å². The van der Waals surface area contributed by atoms with Gasteiger partial charge in [-0.05, 0) is 54.8 Å². The van der Waals surface area contributed by atoms with E-state index in [0.29, 0.717) is 17.6 Å². The van der Waals surface area contributed by atoms with Gasteiger partial charge in [0.05, 0.1) is 23.4 Å². The van der Waals surface area contributed by atoms with Gasteiger partial charge in [-0.2, -0.15) is 5.26 Å². The molecule has 5 nitrogen and oxygen atoms in total. The van der Waals surface area contributed by atoms with Crippen LogP contribution in [0.1, 0.15) is 35.7 Å². The third-order valence-corrected chi connectivity index (χ3v) is 4.78. The lowest BCUT2D eigenvalue weighted by atomic mass is 10.0. The first-order valence-electron chi connectivity index (χ1n) is 8.83. The van der Waals surface area contributed by atoms with Crippen molar-refractivity contribution in [1.29, 1.82) is 5.26 Å². The second kappa shape index (κ2) is 7.75. The van der Waals surface area contributed by atoms with Gasteiger partial charge in [-0.3, -0.25) is 0 Å². The lowest BCUT2D eigenvalue weighted by Gasteiger charge is -2.20. The molecule has 4 rings (SSSR count). The zero-order chi connectivity index (χ0) is 18.6. The number of hydrogen-bond donors (Lipinski definition) is 2. The number of nitrogens with zero attached hydrogens (tertiary/aromatic N) is 3. The van der Waals surface area contributed by atoms with Crippen molar-refractivity contribution in [3.05, 3.63) is 82.6 Å². The van der Waals surface area contributed by atoms with Gasteiger partial charge in [-0.15, -0.1) is 0 Å². The van der Waals surface area contributed by atoms with Crippen molar-refractivity contribution in [2.75, 3.05) is 5.32 Å². The predicted octanol–water partition coefficient (Wildman–Crippen LogP) is 4.59. The molecule has 1 fully saturated rings. The van der Waals surface area contributed by atoms with E-state index in [2.05, 4.69) is 21.7 Å². The van der Waals surface area contributed by atoms with Gasteiger partial charge in [-0.1, -0.05) is 29.8 Å². The molecule has 1 saturated carbocycles. The minimum absolute atomic E-state index is 0.0873. The van der Waals surface area contributed by atoms with Gasteiger partial charge in [0.1, 0.15) is 0 Å². The second-order valence-electron chi connectivity index (χ2n) is 6.51. The number of hydrogen-bond acceptors (Lipinski definition) is 5. The Morgan fingerprint density at radius 2 is 1.85 bits per heavy atom. The number of halogens is 1. The van der Waals surface area contributed by atoms with Crippen LogP contribution in [0.2, 0.25) is 5.02 Å². The van der Waals surface area contributed by atoms with E-state index in [1.165, 1.54) is 12.8 Å². The van der Waals surface area contributed by atoms with Crippen molar-refractivity contribution >= 4 is 23.2 Å². The SMILES string of the molecule is N#Cc1ccc(Nc2nccc(C(NC3CC3)c3ccccc3Cl)n2)cc1. The lowest BCUT2D eigenvalue weighted by molar-refractivity contribution is 0.587. The fraction of sp³-hybridized carbons (Fsp3) is 0.190. The molecule has 0 amide bonds. The van der Waals surface area contributed by atoms with Crippen molar-refractivity contribution in [2.24, 2.45) is 0 Å². The van der Waals surface area contributed by atoms with E-state index in [1.54, 1.807) is 18.3 Å². The summed E-state index contributed by atoms with van der Waals surface area (Å²) in [6, 6.07) is 19.5. The van der Waals surface area contributed by atoms with Crippen LogP contribution in [-0.4, -0.2) is 16.0 Å². The summed E-state index contributed by atoms with van der Waals surface area (Å²) in [4.78, 5) is 9.02. The molecule has 1 aliphatic carbocycles. The summed E-state index contributed by atoms with van der Waals surface area (Å²) in [5.41, 5.74) is 3.31. The van der Waals surface area contributed by atoms with Gasteiger partial charge in [0, 0.05) is 22.9 Å². The fourth-order valence-corrected chi connectivity index (χ4v) is 3.13. The molecule has 1 heterocycles. The van der Waals surface area contributed by atoms with Crippen LogP contribution in [-0.2, 0) is 0 Å². The average Bonchev–Trinajstić information content (AvgIpc) is 3.52. The van der Waals surface area contributed by atoms with Crippen LogP contribution in [0, 0.1) is 11.3 Å². The number of aromatic nitrogens is 2. The Bertz CT molecular complexity index is 976. The number of benzene rings is 2. The van der Waals surface area contributed by atoms with Crippen molar-refractivity contribution in [3.8, 4) is 6.07 Å². The molecular weight excluding hydrogens is 358 g/mol. The fourth-order valence-electron chi connectivity index (χ4n) is 2.88. The van der Waals surface area contributed by atoms with E-state index in [1.807, 2.05) is 42.5 Å². The highest BCUT2D eigenvalue weighted by molar-refractivity contribution is 6.31. The Labute approximate surface area is 163 Å². The number of nitriles is 1. The van der Waals surface area contributed by atoms with Crippen molar-refractivity contribution in [3.63, 3.8) is 0 Å². The first-order chi connectivity index (χ1) is 13.2. The summed E-state index contributed by atoms with van der Waals surface area (Å²) in [7, 11) is 0. The molecule has 0 saturated heterocycles. The highest BCUT2D eigenvalue weighted by Gasteiger charge is 2.28. The maximum absolute atomic E-state index is 8.91. The monoisotopic (exact) mass is 375 g/mol. The van der Waals surface area contributed by atoms with Gasteiger partial charge < -0.3 is 10.6 Å². The molecule has 6 heteroatoms. The third-order valence-electron chi connectivity index (χ3n) is 4.44. The highest BCUT2D eigenvalue weighted by Crippen LogP contribution is 2.32. The van der Waals surface area contributed by atoms with Gasteiger partial charge in [0.15, 0.2) is 0 Å². The minimum Gasteiger partial charge on any atom is -0.324 e. The summed E-state index contributed by atoms with van der Waals surface area (Å²) < 4.78 is 0. The minimum atomic E-state index is -0.0873. The first kappa shape index (κ1) is 17.5. The van der Waals surface area contributed by atoms with E-state index < -0.39 is 0 Å². The number of rotatable bonds is 6. The van der Waals surface area contributed by atoms with Crippen molar-refractivity contribution in [1.82, 2.24) is 15.3 Å². The number of nitrogens with one attached hydrogen (secondary N) is 2. The highest BCUT2D eigenvalue weighted by atomic mass is 35.5. The van der Waals surface area contributed by atoms with Gasteiger partial charge in [0.2, 0.25) is 5.95 Å². The maximum Gasteiger partial charge on any atom is 0.227 e. The molecule has 1 atom stereocenters. The van der Waals surface area contributed by atoms with E-state index in [-0.39, 0.29) is 6.04 Å². The van der Waals surface area contributed by atoms with E-state index in [9.17, 15) is 0 Å². The molecule has 1 aromatic heterocycles. The van der Waals surface area contributed by atoms with Gasteiger partial charge in [-0.25, -0.2) is 9.97 Å². The topological polar surface area (TPSA) is 73.6 Å². The summed E-state index contributed by atoms with van der Waals surface area (Å²) in [6.45, 7) is 0. The molecule has 1 aliphatic rings. The summed E-state index contributed by atoms with van der Waals surface area (Å²) in [5.74, 6) is 0.506. The molecule has 0 radical (unpaired) electrons. The Balaban J connectivity index is 1.62.